The zero-order valence-corrected chi connectivity index (χ0v) is 8.47. The lowest BCUT2D eigenvalue weighted by Crippen LogP contribution is -1.84. The standard InChI is InChI=1S/C9H9N3OS/c1-2-7-11-8(13-12-7)6-4-3-5-10-9(6)14/h3-5H,2H2,1H3,(H,10,14). The molecule has 0 unspecified atom stereocenters. The molecule has 0 aromatic carbocycles. The minimum absolute atomic E-state index is 0.476. The van der Waals surface area contributed by atoms with Gasteiger partial charge in [-0.3, -0.25) is 0 Å². The number of hydrogen-bond donors (Lipinski definition) is 1. The Balaban J connectivity index is 2.50. The van der Waals surface area contributed by atoms with Crippen LogP contribution in [0.25, 0.3) is 11.5 Å². The molecule has 0 radical (unpaired) electrons. The molecule has 72 valence electrons. The maximum atomic E-state index is 5.10. The van der Waals surface area contributed by atoms with Gasteiger partial charge in [0, 0.05) is 12.6 Å². The molecule has 0 amide bonds. The first-order chi connectivity index (χ1) is 6.81. The van der Waals surface area contributed by atoms with Crippen molar-refractivity contribution in [3.63, 3.8) is 0 Å². The van der Waals surface area contributed by atoms with Gasteiger partial charge in [0.15, 0.2) is 5.82 Å². The van der Waals surface area contributed by atoms with Crippen molar-refractivity contribution >= 4 is 12.2 Å². The van der Waals surface area contributed by atoms with Crippen molar-refractivity contribution < 1.29 is 4.52 Å². The average Bonchev–Trinajstić information content (AvgIpc) is 2.67. The molecule has 0 bridgehead atoms. The lowest BCUT2D eigenvalue weighted by molar-refractivity contribution is 0.423. The fraction of sp³-hybridized carbons (Fsp3) is 0.222. The molecule has 0 aliphatic heterocycles. The van der Waals surface area contributed by atoms with Crippen LogP contribution in [0.2, 0.25) is 0 Å². The van der Waals surface area contributed by atoms with E-state index in [0.717, 1.165) is 12.0 Å². The topological polar surface area (TPSA) is 54.7 Å². The first-order valence-corrected chi connectivity index (χ1v) is 4.72. The third-order valence-corrected chi connectivity index (χ3v) is 2.17. The monoisotopic (exact) mass is 207 g/mol. The fourth-order valence-electron chi connectivity index (χ4n) is 1.10. The van der Waals surface area contributed by atoms with Crippen LogP contribution in [-0.2, 0) is 6.42 Å². The molecule has 2 aromatic heterocycles. The van der Waals surface area contributed by atoms with E-state index in [9.17, 15) is 0 Å². The van der Waals surface area contributed by atoms with E-state index in [0.29, 0.717) is 16.4 Å². The molecule has 2 heterocycles. The summed E-state index contributed by atoms with van der Waals surface area (Å²) in [6, 6.07) is 3.70. The van der Waals surface area contributed by atoms with Gasteiger partial charge in [-0.1, -0.05) is 24.3 Å². The molecule has 1 N–H and O–H groups in total. The van der Waals surface area contributed by atoms with Gasteiger partial charge in [0.25, 0.3) is 5.89 Å². The molecule has 0 saturated heterocycles. The quantitative estimate of drug-likeness (QED) is 0.768. The van der Waals surface area contributed by atoms with Gasteiger partial charge in [0.2, 0.25) is 0 Å². The number of rotatable bonds is 2. The molecule has 0 aliphatic rings. The largest absolute Gasteiger partial charge is 0.352 e. The average molecular weight is 207 g/mol. The van der Waals surface area contributed by atoms with Crippen LogP contribution in [0, 0.1) is 4.64 Å². The van der Waals surface area contributed by atoms with Gasteiger partial charge >= 0.3 is 0 Å². The van der Waals surface area contributed by atoms with Crippen LogP contribution in [-0.4, -0.2) is 15.1 Å². The number of hydrogen-bond acceptors (Lipinski definition) is 4. The van der Waals surface area contributed by atoms with E-state index in [1.165, 1.54) is 0 Å². The number of pyridine rings is 1. The van der Waals surface area contributed by atoms with Crippen LogP contribution < -0.4 is 0 Å². The summed E-state index contributed by atoms with van der Waals surface area (Å²) < 4.78 is 5.68. The second-order valence-corrected chi connectivity index (χ2v) is 3.19. The first kappa shape index (κ1) is 9.08. The Morgan fingerprint density at radius 2 is 2.43 bits per heavy atom. The molecule has 0 spiro atoms. The van der Waals surface area contributed by atoms with Crippen molar-refractivity contribution in [3.8, 4) is 11.5 Å². The number of nitrogens with one attached hydrogen (secondary N) is 1. The van der Waals surface area contributed by atoms with Gasteiger partial charge in [0.05, 0.1) is 5.56 Å². The summed E-state index contributed by atoms with van der Waals surface area (Å²) in [5.74, 6) is 1.17. The number of aromatic amines is 1. The third-order valence-electron chi connectivity index (χ3n) is 1.83. The number of nitrogens with zero attached hydrogens (tertiary/aromatic N) is 2. The Morgan fingerprint density at radius 3 is 3.07 bits per heavy atom. The van der Waals surface area contributed by atoms with Gasteiger partial charge in [-0.25, -0.2) is 0 Å². The summed E-state index contributed by atoms with van der Waals surface area (Å²) in [7, 11) is 0. The zero-order chi connectivity index (χ0) is 9.97. The molecule has 4 nitrogen and oxygen atoms in total. The lowest BCUT2D eigenvalue weighted by Gasteiger charge is -1.92. The molecular weight excluding hydrogens is 198 g/mol. The van der Waals surface area contributed by atoms with Crippen molar-refractivity contribution in [2.45, 2.75) is 13.3 Å². The van der Waals surface area contributed by atoms with Crippen molar-refractivity contribution in [2.24, 2.45) is 0 Å². The summed E-state index contributed by atoms with van der Waals surface area (Å²) in [4.78, 5) is 7.11. The van der Waals surface area contributed by atoms with E-state index in [2.05, 4.69) is 15.1 Å². The number of aryl methyl sites for hydroxylation is 1. The maximum Gasteiger partial charge on any atom is 0.260 e. The summed E-state index contributed by atoms with van der Waals surface area (Å²) in [5, 5.41) is 3.81. The van der Waals surface area contributed by atoms with Gasteiger partial charge in [-0.2, -0.15) is 4.98 Å². The molecule has 2 aromatic rings. The minimum atomic E-state index is 0.476. The maximum absolute atomic E-state index is 5.10. The number of aromatic nitrogens is 3. The zero-order valence-electron chi connectivity index (χ0n) is 7.65. The molecule has 0 fully saturated rings. The Bertz CT molecular complexity index is 489. The highest BCUT2D eigenvalue weighted by atomic mass is 32.1. The molecule has 5 heteroatoms. The SMILES string of the molecule is CCc1noc(-c2ccc[nH]c2=S)n1. The molecule has 0 atom stereocenters. The first-order valence-electron chi connectivity index (χ1n) is 4.32. The summed E-state index contributed by atoms with van der Waals surface area (Å²) in [6.45, 7) is 1.97. The van der Waals surface area contributed by atoms with Crippen LogP contribution in [0.5, 0.6) is 0 Å². The second-order valence-electron chi connectivity index (χ2n) is 2.78. The Kier molecular flexibility index (Phi) is 2.41. The molecule has 2 rings (SSSR count). The predicted molar refractivity (Wildman–Crippen MR) is 54.3 cm³/mol. The normalized spacial score (nSPS) is 10.4. The van der Waals surface area contributed by atoms with Crippen LogP contribution >= 0.6 is 12.2 Å². The van der Waals surface area contributed by atoms with Gasteiger partial charge in [-0.05, 0) is 12.1 Å². The van der Waals surface area contributed by atoms with E-state index in [1.807, 2.05) is 19.1 Å². The van der Waals surface area contributed by atoms with E-state index in [-0.39, 0.29) is 0 Å². The molecular formula is C9H9N3OS. The van der Waals surface area contributed by atoms with E-state index in [1.54, 1.807) is 6.20 Å². The Hall–Kier alpha value is -1.49. The second kappa shape index (κ2) is 3.71. The molecule has 0 saturated carbocycles. The summed E-state index contributed by atoms with van der Waals surface area (Å²) >= 11 is 5.10. The lowest BCUT2D eigenvalue weighted by atomic mass is 10.3. The third kappa shape index (κ3) is 1.58. The number of H-pyrrole nitrogens is 1. The van der Waals surface area contributed by atoms with Gasteiger partial charge in [0.1, 0.15) is 4.64 Å². The van der Waals surface area contributed by atoms with Crippen LogP contribution in [0.15, 0.2) is 22.9 Å². The highest BCUT2D eigenvalue weighted by Gasteiger charge is 2.08. The van der Waals surface area contributed by atoms with Crippen LogP contribution in [0.1, 0.15) is 12.7 Å². The Labute approximate surface area is 86.0 Å². The Morgan fingerprint density at radius 1 is 1.57 bits per heavy atom. The van der Waals surface area contributed by atoms with Crippen LogP contribution in [0.3, 0.4) is 0 Å². The molecule has 14 heavy (non-hydrogen) atoms. The van der Waals surface area contributed by atoms with Crippen molar-refractivity contribution in [1.29, 1.82) is 0 Å². The summed E-state index contributed by atoms with van der Waals surface area (Å²) in [5.41, 5.74) is 0.773. The van der Waals surface area contributed by atoms with E-state index < -0.39 is 0 Å². The van der Waals surface area contributed by atoms with E-state index >= 15 is 0 Å². The predicted octanol–water partition coefficient (Wildman–Crippen LogP) is 2.36. The smallest absolute Gasteiger partial charge is 0.260 e. The summed E-state index contributed by atoms with van der Waals surface area (Å²) in [6.07, 6.45) is 2.52. The minimum Gasteiger partial charge on any atom is -0.352 e. The van der Waals surface area contributed by atoms with Crippen molar-refractivity contribution in [3.05, 3.63) is 28.8 Å². The van der Waals surface area contributed by atoms with Gasteiger partial charge in [-0.15, -0.1) is 0 Å². The van der Waals surface area contributed by atoms with Crippen LogP contribution in [0.4, 0.5) is 0 Å². The van der Waals surface area contributed by atoms with Crippen molar-refractivity contribution in [2.75, 3.05) is 0 Å². The fourth-order valence-corrected chi connectivity index (χ4v) is 1.32. The van der Waals surface area contributed by atoms with Crippen molar-refractivity contribution in [1.82, 2.24) is 15.1 Å². The molecule has 0 aliphatic carbocycles. The highest BCUT2D eigenvalue weighted by molar-refractivity contribution is 7.71. The highest BCUT2D eigenvalue weighted by Crippen LogP contribution is 2.16. The van der Waals surface area contributed by atoms with E-state index in [4.69, 9.17) is 16.7 Å². The van der Waals surface area contributed by atoms with Gasteiger partial charge < -0.3 is 9.51 Å².